The maximum absolute atomic E-state index is 7.26. The van der Waals surface area contributed by atoms with Gasteiger partial charge in [-0.1, -0.05) is 91.0 Å². The highest BCUT2D eigenvalue weighted by molar-refractivity contribution is 7.34. The Morgan fingerprint density at radius 3 is 1.24 bits per heavy atom. The highest BCUT2D eigenvalue weighted by Crippen LogP contribution is 2.48. The molecule has 14 heteroatoms. The number of hydrogen-bond donors (Lipinski definition) is 0. The summed E-state index contributed by atoms with van der Waals surface area (Å²) < 4.78 is 52.9. The number of nitrogens with zero attached hydrogens (tertiary/aromatic N) is 2. The van der Waals surface area contributed by atoms with Crippen LogP contribution in [0.25, 0.3) is 20.2 Å². The van der Waals surface area contributed by atoms with Crippen LogP contribution in [0.1, 0.15) is 0 Å². The number of benzene rings is 10. The van der Waals surface area contributed by atoms with Gasteiger partial charge in [0.2, 0.25) is 0 Å². The largest absolute Gasteiger partial charge is 0.458 e. The van der Waals surface area contributed by atoms with Gasteiger partial charge in [-0.2, -0.15) is 0 Å². The summed E-state index contributed by atoms with van der Waals surface area (Å²) in [6.07, 6.45) is 0. The van der Waals surface area contributed by atoms with Gasteiger partial charge in [-0.15, -0.1) is 22.7 Å². The zero-order chi connectivity index (χ0) is 52.5. The zero-order valence-electron chi connectivity index (χ0n) is 42.9. The molecule has 0 fully saturated rings. The standard InChI is InChI=1S/C66H39B3N2O7S2/c1-70-48-34-49-45(68-61-51(71(49)2)27-40(73-37-18-8-4-9-19-37)29-55(61)77-63-42-22-12-14-24-58(42)79-65(63)68)32-44(48)67-46-33-47-53(35-52(46)75-54-28-39(26-50(70)60(54)67)72-36-16-6-3-7-17-36)76-56-30-41(74-38-20-10-5-11-21-38)31-57-62(56)69(47)66-64(78-57)43-23-13-15-25-59(43)80-66/h3-35H,1-2H3. The number of hydrogen-bond acceptors (Lipinski definition) is 11. The van der Waals surface area contributed by atoms with Crippen LogP contribution in [0.2, 0.25) is 0 Å². The number of rotatable bonds is 6. The molecular formula is C66H39B3N2O7S2. The molecule has 2 aromatic heterocycles. The molecule has 0 unspecified atom stereocenters. The van der Waals surface area contributed by atoms with E-state index in [4.69, 9.17) is 33.2 Å². The molecule has 376 valence electrons. The third-order valence-electron chi connectivity index (χ3n) is 16.6. The van der Waals surface area contributed by atoms with Crippen LogP contribution in [0, 0.1) is 0 Å². The summed E-state index contributed by atoms with van der Waals surface area (Å²) in [4.78, 5) is 4.63. The molecule has 0 amide bonds. The van der Waals surface area contributed by atoms with Gasteiger partial charge in [0.1, 0.15) is 80.5 Å². The molecule has 6 aliphatic rings. The Morgan fingerprint density at radius 2 is 0.713 bits per heavy atom. The van der Waals surface area contributed by atoms with E-state index in [0.717, 1.165) is 116 Å². The maximum Gasteiger partial charge on any atom is 0.273 e. The van der Waals surface area contributed by atoms with Crippen molar-refractivity contribution in [1.82, 2.24) is 0 Å². The van der Waals surface area contributed by atoms with Crippen LogP contribution in [0.5, 0.6) is 80.5 Å². The monoisotopic (exact) mass is 1070 g/mol. The van der Waals surface area contributed by atoms with Gasteiger partial charge in [0.05, 0.1) is 0 Å². The van der Waals surface area contributed by atoms with Crippen molar-refractivity contribution >= 4 is 134 Å². The molecule has 0 radical (unpaired) electrons. The summed E-state index contributed by atoms with van der Waals surface area (Å²) in [6.45, 7) is -0.590. The first-order valence-electron chi connectivity index (χ1n) is 26.7. The number of fused-ring (bicyclic) bond motifs is 16. The van der Waals surface area contributed by atoms with Crippen molar-refractivity contribution in [2.75, 3.05) is 23.9 Å². The van der Waals surface area contributed by atoms with Gasteiger partial charge in [-0.05, 0) is 99.5 Å². The molecule has 0 N–H and O–H groups in total. The van der Waals surface area contributed by atoms with Crippen molar-refractivity contribution in [2.24, 2.45) is 0 Å². The molecule has 0 aliphatic carbocycles. The Labute approximate surface area is 468 Å². The average molecular weight is 1070 g/mol. The van der Waals surface area contributed by atoms with Gasteiger partial charge in [0.15, 0.2) is 0 Å². The van der Waals surface area contributed by atoms with Gasteiger partial charge in [0, 0.05) is 114 Å². The Kier molecular flexibility index (Phi) is 9.19. The van der Waals surface area contributed by atoms with Crippen molar-refractivity contribution in [2.45, 2.75) is 0 Å². The first-order chi connectivity index (χ1) is 39.4. The first-order valence-corrected chi connectivity index (χ1v) is 28.4. The summed E-state index contributed by atoms with van der Waals surface area (Å²) in [6, 6.07) is 68.6. The van der Waals surface area contributed by atoms with Crippen molar-refractivity contribution < 1.29 is 33.2 Å². The second-order valence-corrected chi connectivity index (χ2v) is 23.3. The molecular weight excluding hydrogens is 1030 g/mol. The van der Waals surface area contributed by atoms with E-state index in [-0.39, 0.29) is 20.1 Å². The van der Waals surface area contributed by atoms with Crippen molar-refractivity contribution in [3.8, 4) is 80.5 Å². The minimum Gasteiger partial charge on any atom is -0.458 e. The summed E-state index contributed by atoms with van der Waals surface area (Å²) in [5.74, 6) is 10.3. The van der Waals surface area contributed by atoms with Gasteiger partial charge >= 0.3 is 0 Å². The van der Waals surface area contributed by atoms with Crippen LogP contribution in [-0.4, -0.2) is 34.2 Å². The lowest BCUT2D eigenvalue weighted by atomic mass is 9.31. The van der Waals surface area contributed by atoms with E-state index in [1.165, 1.54) is 20.4 Å². The van der Waals surface area contributed by atoms with Crippen LogP contribution in [0.3, 0.4) is 0 Å². The lowest BCUT2D eigenvalue weighted by molar-refractivity contribution is 0.440. The summed E-state index contributed by atoms with van der Waals surface area (Å²) in [7, 11) is 4.33. The van der Waals surface area contributed by atoms with Crippen LogP contribution in [0.15, 0.2) is 200 Å². The summed E-state index contributed by atoms with van der Waals surface area (Å²) >= 11 is 3.59. The fraction of sp³-hybridized carbons (Fsp3) is 0.0303. The molecule has 0 atom stereocenters. The van der Waals surface area contributed by atoms with Gasteiger partial charge in [0.25, 0.3) is 20.1 Å². The van der Waals surface area contributed by atoms with Gasteiger partial charge in [-0.3, -0.25) is 0 Å². The maximum atomic E-state index is 7.26. The first kappa shape index (κ1) is 44.5. The molecule has 0 bridgehead atoms. The Balaban J connectivity index is 0.857. The normalized spacial score (nSPS) is 13.9. The molecule has 10 aromatic carbocycles. The molecule has 9 nitrogen and oxygen atoms in total. The van der Waals surface area contributed by atoms with E-state index in [0.29, 0.717) is 34.5 Å². The Morgan fingerprint density at radius 1 is 0.325 bits per heavy atom. The fourth-order valence-electron chi connectivity index (χ4n) is 13.2. The second kappa shape index (κ2) is 16.5. The molecule has 12 aromatic rings. The van der Waals surface area contributed by atoms with Crippen LogP contribution in [-0.2, 0) is 0 Å². The lowest BCUT2D eigenvalue weighted by Crippen LogP contribution is -2.64. The predicted molar refractivity (Wildman–Crippen MR) is 326 cm³/mol. The average Bonchev–Trinajstić information content (AvgIpc) is 4.14. The SMILES string of the molecule is CN1c2cc3c(cc2B2c4cc5c(cc4Oc4cc(Oc6ccccc6)cc1c42)Oc1cc(Oc2ccccc2)cc2c1B5c1sc4ccccc4c1O2)B1c2sc4ccccc4c2Oc2cc(Oc4ccccc4)cc(c21)N3C. The minimum absolute atomic E-state index is 0.133. The lowest BCUT2D eigenvalue weighted by Gasteiger charge is -2.42. The molecule has 0 saturated heterocycles. The number of para-hydroxylation sites is 3. The fourth-order valence-corrected chi connectivity index (χ4v) is 15.7. The quantitative estimate of drug-likeness (QED) is 0.151. The molecule has 80 heavy (non-hydrogen) atoms. The minimum atomic E-state index is -0.255. The van der Waals surface area contributed by atoms with E-state index in [1.807, 2.05) is 121 Å². The predicted octanol–water partition coefficient (Wildman–Crippen LogP) is 11.6. The Bertz CT molecular complexity index is 4670. The molecule has 0 saturated carbocycles. The molecule has 6 aliphatic heterocycles. The molecule has 8 heterocycles. The van der Waals surface area contributed by atoms with Crippen LogP contribution >= 0.6 is 22.7 Å². The van der Waals surface area contributed by atoms with E-state index >= 15 is 0 Å². The van der Waals surface area contributed by atoms with E-state index in [2.05, 4.69) is 115 Å². The highest BCUT2D eigenvalue weighted by atomic mass is 32.1. The number of ether oxygens (including phenoxy) is 7. The Hall–Kier alpha value is -9.49. The second-order valence-electron chi connectivity index (χ2n) is 21.1. The van der Waals surface area contributed by atoms with E-state index < -0.39 is 0 Å². The smallest absolute Gasteiger partial charge is 0.273 e. The van der Waals surface area contributed by atoms with Crippen molar-refractivity contribution in [1.29, 1.82) is 0 Å². The van der Waals surface area contributed by atoms with E-state index in [9.17, 15) is 0 Å². The van der Waals surface area contributed by atoms with Crippen molar-refractivity contribution in [3.05, 3.63) is 200 Å². The molecule has 18 rings (SSSR count). The topological polar surface area (TPSA) is 71.1 Å². The highest BCUT2D eigenvalue weighted by Gasteiger charge is 2.49. The molecule has 0 spiro atoms. The van der Waals surface area contributed by atoms with Crippen molar-refractivity contribution in [3.63, 3.8) is 0 Å². The number of anilines is 4. The third-order valence-corrected chi connectivity index (χ3v) is 19.0. The van der Waals surface area contributed by atoms with Gasteiger partial charge in [-0.25, -0.2) is 0 Å². The van der Waals surface area contributed by atoms with E-state index in [1.54, 1.807) is 11.3 Å². The van der Waals surface area contributed by atoms with Gasteiger partial charge < -0.3 is 43.0 Å². The van der Waals surface area contributed by atoms with Crippen LogP contribution in [0.4, 0.5) is 22.7 Å². The third kappa shape index (κ3) is 6.42. The van der Waals surface area contributed by atoms with Crippen LogP contribution < -0.4 is 90.8 Å². The summed E-state index contributed by atoms with van der Waals surface area (Å²) in [5, 5.41) is 2.18. The zero-order valence-corrected chi connectivity index (χ0v) is 44.5. The number of thiophene rings is 2. The summed E-state index contributed by atoms with van der Waals surface area (Å²) in [5.41, 5.74) is 11.9.